The molecule has 3 aromatic rings. The van der Waals surface area contributed by atoms with Crippen LogP contribution in [0.5, 0.6) is 0 Å². The smallest absolute Gasteiger partial charge is 0.201 e. The number of benzene rings is 2. The van der Waals surface area contributed by atoms with Crippen molar-refractivity contribution in [3.05, 3.63) is 65.7 Å². The van der Waals surface area contributed by atoms with Gasteiger partial charge in [-0.25, -0.2) is 4.98 Å². The van der Waals surface area contributed by atoms with Crippen LogP contribution in [0.4, 0.5) is 5.95 Å². The van der Waals surface area contributed by atoms with E-state index in [9.17, 15) is 0 Å². The van der Waals surface area contributed by atoms with E-state index in [1.165, 1.54) is 0 Å². The highest BCUT2D eigenvalue weighted by Crippen LogP contribution is 2.28. The van der Waals surface area contributed by atoms with Crippen LogP contribution in [0.15, 0.2) is 54.6 Å². The third-order valence-corrected chi connectivity index (χ3v) is 3.84. The van der Waals surface area contributed by atoms with Crippen molar-refractivity contribution >= 4 is 22.6 Å². The Hall–Kier alpha value is -3.06. The van der Waals surface area contributed by atoms with Crippen LogP contribution in [-0.4, -0.2) is 9.55 Å². The first-order chi connectivity index (χ1) is 11.1. The SMILES string of the molecule is CC(C)n1c(N)nc2cc(/C(=C/C#N)c3ccccc3)ccc21. The van der Waals surface area contributed by atoms with Gasteiger partial charge in [0.15, 0.2) is 0 Å². The molecule has 0 aliphatic rings. The van der Waals surface area contributed by atoms with E-state index in [4.69, 9.17) is 11.0 Å². The molecule has 0 aliphatic heterocycles. The fourth-order valence-electron chi connectivity index (χ4n) is 2.84. The molecule has 4 nitrogen and oxygen atoms in total. The van der Waals surface area contributed by atoms with Crippen LogP contribution in [-0.2, 0) is 0 Å². The molecule has 0 unspecified atom stereocenters. The minimum Gasteiger partial charge on any atom is -0.369 e. The molecule has 0 fully saturated rings. The monoisotopic (exact) mass is 302 g/mol. The second-order valence-electron chi connectivity index (χ2n) is 5.69. The molecule has 2 aromatic carbocycles. The van der Waals surface area contributed by atoms with Crippen molar-refractivity contribution in [1.82, 2.24) is 9.55 Å². The highest BCUT2D eigenvalue weighted by Gasteiger charge is 2.13. The quantitative estimate of drug-likeness (QED) is 0.739. The molecular formula is C19H18N4. The Balaban J connectivity index is 2.16. The number of imidazole rings is 1. The molecule has 0 saturated carbocycles. The van der Waals surface area contributed by atoms with Gasteiger partial charge >= 0.3 is 0 Å². The van der Waals surface area contributed by atoms with Gasteiger partial charge in [0.2, 0.25) is 5.95 Å². The first-order valence-corrected chi connectivity index (χ1v) is 7.55. The lowest BCUT2D eigenvalue weighted by molar-refractivity contribution is 0.627. The second kappa shape index (κ2) is 5.98. The molecule has 3 rings (SSSR count). The zero-order valence-corrected chi connectivity index (χ0v) is 13.2. The lowest BCUT2D eigenvalue weighted by atomic mass is 9.97. The Morgan fingerprint density at radius 2 is 1.91 bits per heavy atom. The van der Waals surface area contributed by atoms with Crippen molar-refractivity contribution < 1.29 is 0 Å². The fraction of sp³-hybridized carbons (Fsp3) is 0.158. The predicted octanol–water partition coefficient (Wildman–Crippen LogP) is 4.15. The average Bonchev–Trinajstić information content (AvgIpc) is 2.88. The van der Waals surface area contributed by atoms with Gasteiger partial charge in [0.05, 0.1) is 17.1 Å². The van der Waals surface area contributed by atoms with Crippen LogP contribution >= 0.6 is 0 Å². The number of allylic oxidation sites excluding steroid dienone is 1. The summed E-state index contributed by atoms with van der Waals surface area (Å²) in [5.74, 6) is 0.512. The molecule has 0 aliphatic carbocycles. The maximum atomic E-state index is 9.13. The third kappa shape index (κ3) is 2.69. The zero-order valence-electron chi connectivity index (χ0n) is 13.2. The normalized spacial score (nSPS) is 11.8. The Bertz CT molecular complexity index is 912. The maximum absolute atomic E-state index is 9.13. The van der Waals surface area contributed by atoms with Crippen LogP contribution in [0.3, 0.4) is 0 Å². The minimum absolute atomic E-state index is 0.245. The largest absolute Gasteiger partial charge is 0.369 e. The molecule has 1 aromatic heterocycles. The molecule has 0 atom stereocenters. The van der Waals surface area contributed by atoms with Gasteiger partial charge in [-0.15, -0.1) is 0 Å². The number of hydrogen-bond donors (Lipinski definition) is 1. The highest BCUT2D eigenvalue weighted by molar-refractivity contribution is 5.88. The number of fused-ring (bicyclic) bond motifs is 1. The number of rotatable bonds is 3. The van der Waals surface area contributed by atoms with Crippen molar-refractivity contribution in [3.63, 3.8) is 0 Å². The van der Waals surface area contributed by atoms with Crippen molar-refractivity contribution in [2.45, 2.75) is 19.9 Å². The third-order valence-electron chi connectivity index (χ3n) is 3.84. The van der Waals surface area contributed by atoms with Gasteiger partial charge in [0, 0.05) is 12.1 Å². The Kier molecular flexibility index (Phi) is 3.86. The molecule has 0 radical (unpaired) electrons. The van der Waals surface area contributed by atoms with Crippen molar-refractivity contribution in [3.8, 4) is 6.07 Å². The van der Waals surface area contributed by atoms with E-state index in [2.05, 4.69) is 24.9 Å². The topological polar surface area (TPSA) is 67.6 Å². The van der Waals surface area contributed by atoms with E-state index in [0.29, 0.717) is 5.95 Å². The van der Waals surface area contributed by atoms with E-state index >= 15 is 0 Å². The summed E-state index contributed by atoms with van der Waals surface area (Å²) in [4.78, 5) is 4.46. The summed E-state index contributed by atoms with van der Waals surface area (Å²) in [5.41, 5.74) is 10.7. The van der Waals surface area contributed by atoms with Crippen LogP contribution in [0, 0.1) is 11.3 Å². The summed E-state index contributed by atoms with van der Waals surface area (Å²) in [6.07, 6.45) is 1.57. The van der Waals surface area contributed by atoms with Crippen LogP contribution in [0.1, 0.15) is 31.0 Å². The molecule has 0 bridgehead atoms. The standard InChI is InChI=1S/C19H18N4/c1-13(2)23-18-9-8-15(12-17(18)22-19(23)21)16(10-11-20)14-6-4-3-5-7-14/h3-10,12-13H,1-2H3,(H2,21,22)/b16-10+. The molecule has 1 heterocycles. The predicted molar refractivity (Wildman–Crippen MR) is 93.7 cm³/mol. The number of nitrogens with zero attached hydrogens (tertiary/aromatic N) is 3. The van der Waals surface area contributed by atoms with E-state index in [1.807, 2.05) is 53.1 Å². The lowest BCUT2D eigenvalue weighted by Gasteiger charge is -2.11. The zero-order chi connectivity index (χ0) is 16.4. The molecular weight excluding hydrogens is 284 g/mol. The van der Waals surface area contributed by atoms with Crippen LogP contribution in [0.25, 0.3) is 16.6 Å². The van der Waals surface area contributed by atoms with Gasteiger partial charge in [0.1, 0.15) is 0 Å². The van der Waals surface area contributed by atoms with Gasteiger partial charge in [-0.1, -0.05) is 36.4 Å². The number of hydrogen-bond acceptors (Lipinski definition) is 3. The van der Waals surface area contributed by atoms with E-state index in [-0.39, 0.29) is 6.04 Å². The van der Waals surface area contributed by atoms with Crippen LogP contribution < -0.4 is 5.73 Å². The summed E-state index contributed by atoms with van der Waals surface area (Å²) in [6.45, 7) is 4.16. The molecule has 0 saturated heterocycles. The Labute approximate surface area is 135 Å². The summed E-state index contributed by atoms with van der Waals surface area (Å²) < 4.78 is 2.01. The van der Waals surface area contributed by atoms with E-state index < -0.39 is 0 Å². The number of nitrogen functional groups attached to an aromatic ring is 1. The second-order valence-corrected chi connectivity index (χ2v) is 5.69. The summed E-state index contributed by atoms with van der Waals surface area (Å²) in [7, 11) is 0. The van der Waals surface area contributed by atoms with Crippen molar-refractivity contribution in [1.29, 1.82) is 5.26 Å². The van der Waals surface area contributed by atoms with E-state index in [0.717, 1.165) is 27.7 Å². The minimum atomic E-state index is 0.245. The highest BCUT2D eigenvalue weighted by atomic mass is 15.2. The number of anilines is 1. The first kappa shape index (κ1) is 14.9. The van der Waals surface area contributed by atoms with Crippen LogP contribution in [0.2, 0.25) is 0 Å². The van der Waals surface area contributed by atoms with E-state index in [1.54, 1.807) is 6.08 Å². The Morgan fingerprint density at radius 1 is 1.17 bits per heavy atom. The fourth-order valence-corrected chi connectivity index (χ4v) is 2.84. The summed E-state index contributed by atoms with van der Waals surface area (Å²) in [6, 6.07) is 18.3. The summed E-state index contributed by atoms with van der Waals surface area (Å²) >= 11 is 0. The molecule has 114 valence electrons. The Morgan fingerprint density at radius 3 is 2.57 bits per heavy atom. The van der Waals surface area contributed by atoms with Gasteiger partial charge in [0.25, 0.3) is 0 Å². The lowest BCUT2D eigenvalue weighted by Crippen LogP contribution is -2.05. The summed E-state index contributed by atoms with van der Waals surface area (Å²) in [5, 5.41) is 9.13. The van der Waals surface area contributed by atoms with Gasteiger partial charge in [-0.3, -0.25) is 0 Å². The van der Waals surface area contributed by atoms with Gasteiger partial charge in [-0.05, 0) is 42.7 Å². The average molecular weight is 302 g/mol. The molecule has 2 N–H and O–H groups in total. The molecule has 0 spiro atoms. The molecule has 0 amide bonds. The van der Waals surface area contributed by atoms with Gasteiger partial charge in [-0.2, -0.15) is 5.26 Å². The maximum Gasteiger partial charge on any atom is 0.201 e. The number of nitrogens with two attached hydrogens (primary N) is 1. The van der Waals surface area contributed by atoms with Gasteiger partial charge < -0.3 is 10.3 Å². The molecule has 4 heteroatoms. The van der Waals surface area contributed by atoms with Crippen molar-refractivity contribution in [2.24, 2.45) is 0 Å². The molecule has 23 heavy (non-hydrogen) atoms. The number of nitriles is 1. The van der Waals surface area contributed by atoms with Crippen molar-refractivity contribution in [2.75, 3.05) is 5.73 Å². The number of aromatic nitrogens is 2. The first-order valence-electron chi connectivity index (χ1n) is 7.55.